The van der Waals surface area contributed by atoms with Gasteiger partial charge >= 0.3 is 6.16 Å². The Morgan fingerprint density at radius 2 is 1.46 bits per heavy atom. The number of hydrogen-bond donors (Lipinski definition) is 4. The van der Waals surface area contributed by atoms with Crippen molar-refractivity contribution in [2.24, 2.45) is 0 Å². The molecule has 17 heteroatoms. The molecule has 4 N–H and O–H groups in total. The van der Waals surface area contributed by atoms with Gasteiger partial charge in [0.2, 0.25) is 23.8 Å². The van der Waals surface area contributed by atoms with Gasteiger partial charge in [0, 0.05) is 62.0 Å². The number of carbonyl (C=O) groups is 7. The van der Waals surface area contributed by atoms with Gasteiger partial charge in [-0.2, -0.15) is 0 Å². The van der Waals surface area contributed by atoms with Crippen LogP contribution in [0, 0.1) is 10.1 Å². The van der Waals surface area contributed by atoms with Gasteiger partial charge in [0.05, 0.1) is 11.5 Å². The summed E-state index contributed by atoms with van der Waals surface area (Å²) in [4.78, 5) is 96.5. The predicted molar refractivity (Wildman–Crippen MR) is 167 cm³/mol. The van der Waals surface area contributed by atoms with Gasteiger partial charge in [-0.15, -0.1) is 0 Å². The lowest BCUT2D eigenvalue weighted by atomic mass is 10.1. The summed E-state index contributed by atoms with van der Waals surface area (Å²) < 4.78 is 10.3. The van der Waals surface area contributed by atoms with E-state index >= 15 is 0 Å². The molecule has 0 aliphatic carbocycles. The number of nitrogens with one attached hydrogen (secondary N) is 4. The molecule has 0 aromatic heterocycles. The van der Waals surface area contributed by atoms with Crippen molar-refractivity contribution in [3.05, 3.63) is 81.9 Å². The summed E-state index contributed by atoms with van der Waals surface area (Å²) in [7, 11) is 1.35. The molecule has 2 aromatic carbocycles. The van der Waals surface area contributed by atoms with E-state index in [0.717, 1.165) is 17.1 Å². The fourth-order valence-corrected chi connectivity index (χ4v) is 4.21. The first kappa shape index (κ1) is 36.3. The molecule has 1 heterocycles. The molecule has 0 fully saturated rings. The first-order valence-corrected chi connectivity index (χ1v) is 14.6. The minimum absolute atomic E-state index is 0.0725. The van der Waals surface area contributed by atoms with Crippen molar-refractivity contribution in [1.29, 1.82) is 0 Å². The zero-order chi connectivity index (χ0) is 35.4. The molecule has 1 aliphatic heterocycles. The van der Waals surface area contributed by atoms with Crippen LogP contribution in [0.2, 0.25) is 0 Å². The van der Waals surface area contributed by atoms with Gasteiger partial charge in [-0.25, -0.2) is 4.79 Å². The van der Waals surface area contributed by atoms with Gasteiger partial charge in [-0.05, 0) is 31.5 Å². The highest BCUT2D eigenvalue weighted by Crippen LogP contribution is 2.21. The third-order valence-corrected chi connectivity index (χ3v) is 6.92. The third-order valence-electron chi connectivity index (χ3n) is 6.92. The van der Waals surface area contributed by atoms with Crippen LogP contribution < -0.4 is 21.3 Å². The molecule has 0 saturated heterocycles. The molecule has 0 saturated carbocycles. The van der Waals surface area contributed by atoms with E-state index in [0.29, 0.717) is 11.3 Å². The summed E-state index contributed by atoms with van der Waals surface area (Å²) in [6.45, 7) is 2.58. The molecular weight excluding hydrogens is 632 g/mol. The van der Waals surface area contributed by atoms with Crippen molar-refractivity contribution in [2.45, 2.75) is 44.9 Å². The Bertz CT molecular complexity index is 1570. The van der Waals surface area contributed by atoms with E-state index < -0.39 is 64.7 Å². The van der Waals surface area contributed by atoms with Crippen LogP contribution in [0.4, 0.5) is 16.2 Å². The van der Waals surface area contributed by atoms with Crippen LogP contribution in [-0.2, 0) is 44.7 Å². The second-order valence-corrected chi connectivity index (χ2v) is 10.4. The lowest BCUT2D eigenvalue weighted by molar-refractivity contribution is -0.384. The zero-order valence-corrected chi connectivity index (χ0v) is 26.2. The molecule has 1 aliphatic rings. The maximum atomic E-state index is 12.7. The Hall–Kier alpha value is -6.13. The minimum atomic E-state index is -1.38. The van der Waals surface area contributed by atoms with E-state index in [1.165, 1.54) is 69.4 Å². The van der Waals surface area contributed by atoms with Gasteiger partial charge in [0.15, 0.2) is 0 Å². The van der Waals surface area contributed by atoms with E-state index in [1.54, 1.807) is 0 Å². The Morgan fingerprint density at radius 3 is 2.04 bits per heavy atom. The van der Waals surface area contributed by atoms with Crippen LogP contribution in [0.25, 0.3) is 0 Å². The summed E-state index contributed by atoms with van der Waals surface area (Å²) >= 11 is 0. The summed E-state index contributed by atoms with van der Waals surface area (Å²) in [5.41, 5.74) is 1.18. The van der Waals surface area contributed by atoms with Crippen LogP contribution in [-0.4, -0.2) is 83.7 Å². The number of anilines is 1. The van der Waals surface area contributed by atoms with Crippen LogP contribution in [0.1, 0.15) is 37.5 Å². The van der Waals surface area contributed by atoms with Crippen LogP contribution in [0.3, 0.4) is 0 Å². The molecule has 17 nitrogen and oxygen atoms in total. The predicted octanol–water partition coefficient (Wildman–Crippen LogP) is 1.04. The number of rotatable bonds is 15. The highest BCUT2D eigenvalue weighted by molar-refractivity contribution is 6.13. The van der Waals surface area contributed by atoms with Crippen molar-refractivity contribution in [1.82, 2.24) is 20.9 Å². The number of ether oxygens (including phenoxy) is 2. The molecule has 3 rings (SSSR count). The van der Waals surface area contributed by atoms with Crippen LogP contribution >= 0.6 is 0 Å². The number of imide groups is 1. The average Bonchev–Trinajstić information content (AvgIpc) is 3.38. The number of hydrogen-bond acceptors (Lipinski definition) is 11. The topological polar surface area (TPSA) is 232 Å². The second kappa shape index (κ2) is 17.0. The van der Waals surface area contributed by atoms with E-state index in [9.17, 15) is 43.7 Å². The average molecular weight is 667 g/mol. The molecular formula is C31H34N6O11. The molecule has 254 valence electrons. The van der Waals surface area contributed by atoms with Crippen molar-refractivity contribution in [3.63, 3.8) is 0 Å². The summed E-state index contributed by atoms with van der Waals surface area (Å²) in [5.74, 6) is -3.51. The van der Waals surface area contributed by atoms with Gasteiger partial charge in [0.1, 0.15) is 12.1 Å². The molecule has 2 aromatic rings. The minimum Gasteiger partial charge on any atom is -0.434 e. The normalized spacial score (nSPS) is 13.9. The van der Waals surface area contributed by atoms with Crippen molar-refractivity contribution >= 4 is 53.0 Å². The molecule has 6 amide bonds. The number of nitro groups is 1. The fraction of sp³-hybridized carbons (Fsp3) is 0.323. The quantitative estimate of drug-likeness (QED) is 0.0907. The number of amides is 6. The fourth-order valence-electron chi connectivity index (χ4n) is 4.21. The largest absolute Gasteiger partial charge is 0.509 e. The highest BCUT2D eigenvalue weighted by Gasteiger charge is 2.27. The van der Waals surface area contributed by atoms with Gasteiger partial charge in [0.25, 0.3) is 23.4 Å². The summed E-state index contributed by atoms with van der Waals surface area (Å²) in [6, 6.07) is 9.47. The number of non-ortho nitro benzene ring substituents is 1. The first-order chi connectivity index (χ1) is 22.8. The van der Waals surface area contributed by atoms with Crippen molar-refractivity contribution in [2.75, 3.05) is 25.5 Å². The molecule has 0 spiro atoms. The lowest BCUT2D eigenvalue weighted by Crippen LogP contribution is -2.50. The van der Waals surface area contributed by atoms with Crippen molar-refractivity contribution < 1.29 is 48.0 Å². The molecule has 0 radical (unpaired) electrons. The van der Waals surface area contributed by atoms with E-state index in [2.05, 4.69) is 21.3 Å². The first-order valence-electron chi connectivity index (χ1n) is 14.6. The Morgan fingerprint density at radius 1 is 0.854 bits per heavy atom. The Labute approximate surface area is 274 Å². The maximum Gasteiger partial charge on any atom is 0.509 e. The SMILES string of the molecule is CNC(=O)C(OC(=O)OCCc1ccc([N+](=O)[O-])cc1)c1ccc(NC(=O)[C@H](C)NC(=O)[C@H](C)NC(=O)CCN2C(=O)C=CC2=O)cc1. The number of carbonyl (C=O) groups excluding carboxylic acids is 7. The molecule has 0 bridgehead atoms. The third kappa shape index (κ3) is 10.5. The van der Waals surface area contributed by atoms with E-state index in [4.69, 9.17) is 9.47 Å². The Balaban J connectivity index is 1.46. The second-order valence-electron chi connectivity index (χ2n) is 10.4. The number of benzene rings is 2. The van der Waals surface area contributed by atoms with Crippen molar-refractivity contribution in [3.8, 4) is 0 Å². The number of nitro benzene ring substituents is 1. The number of nitrogens with zero attached hydrogens (tertiary/aromatic N) is 2. The summed E-state index contributed by atoms with van der Waals surface area (Å²) in [6.07, 6.45) is -0.254. The van der Waals surface area contributed by atoms with E-state index in [-0.39, 0.29) is 37.2 Å². The highest BCUT2D eigenvalue weighted by atomic mass is 16.7. The standard InChI is InChI=1S/C31H34N6O11/c1-18(33-24(38)14-16-36-25(39)12-13-26(36)40)28(41)34-19(2)29(42)35-22-8-6-21(7-9-22)27(30(43)32-3)48-31(44)47-17-15-20-4-10-23(11-5-20)37(45)46/h4-13,18-19,27H,14-17H2,1-3H3,(H,32,43)(H,33,38)(H,34,41)(H,35,42)/t18-,19-,27?/m0/s1. The molecule has 48 heavy (non-hydrogen) atoms. The smallest absolute Gasteiger partial charge is 0.434 e. The Kier molecular flexibility index (Phi) is 12.8. The maximum absolute atomic E-state index is 12.7. The monoisotopic (exact) mass is 666 g/mol. The molecule has 1 unspecified atom stereocenters. The van der Waals surface area contributed by atoms with Gasteiger partial charge in [-0.3, -0.25) is 43.8 Å². The summed E-state index contributed by atoms with van der Waals surface area (Å²) in [5, 5.41) is 20.7. The van der Waals surface area contributed by atoms with Crippen LogP contribution in [0.15, 0.2) is 60.7 Å². The van der Waals surface area contributed by atoms with Crippen LogP contribution in [0.5, 0.6) is 0 Å². The zero-order valence-electron chi connectivity index (χ0n) is 26.2. The lowest BCUT2D eigenvalue weighted by Gasteiger charge is -2.19. The number of likely N-dealkylation sites (N-methyl/N-ethyl adjacent to an activating group) is 1. The van der Waals surface area contributed by atoms with E-state index in [1.807, 2.05) is 0 Å². The van der Waals surface area contributed by atoms with Gasteiger partial charge in [-0.1, -0.05) is 24.3 Å². The molecule has 3 atom stereocenters. The van der Waals surface area contributed by atoms with Gasteiger partial charge < -0.3 is 30.7 Å².